The first-order chi connectivity index (χ1) is 6.65. The Morgan fingerprint density at radius 1 is 1.36 bits per heavy atom. The first kappa shape index (κ1) is 10.6. The molecule has 0 saturated heterocycles. The molecule has 0 aromatic heterocycles. The van der Waals surface area contributed by atoms with Gasteiger partial charge in [-0.1, -0.05) is 30.7 Å². The molecule has 0 aliphatic rings. The van der Waals surface area contributed by atoms with Crippen LogP contribution in [0.5, 0.6) is 11.5 Å². The molecule has 1 aromatic carbocycles. The van der Waals surface area contributed by atoms with E-state index in [1.807, 2.05) is 6.07 Å². The lowest BCUT2D eigenvalue weighted by atomic mass is 10.1. The van der Waals surface area contributed by atoms with Crippen LogP contribution in [0.15, 0.2) is 29.8 Å². The van der Waals surface area contributed by atoms with Crippen LogP contribution in [-0.4, -0.2) is 10.2 Å². The number of benzene rings is 1. The summed E-state index contributed by atoms with van der Waals surface area (Å²) in [7, 11) is 0. The molecule has 0 atom stereocenters. The van der Waals surface area contributed by atoms with Crippen molar-refractivity contribution >= 4 is 0 Å². The summed E-state index contributed by atoms with van der Waals surface area (Å²) in [6.45, 7) is 4.15. The third kappa shape index (κ3) is 2.52. The maximum atomic E-state index is 9.50. The van der Waals surface area contributed by atoms with E-state index in [9.17, 15) is 10.2 Å². The smallest absolute Gasteiger partial charge is 0.160 e. The fourth-order valence-electron chi connectivity index (χ4n) is 1.17. The summed E-state index contributed by atoms with van der Waals surface area (Å²) < 4.78 is 0. The van der Waals surface area contributed by atoms with E-state index in [-0.39, 0.29) is 11.5 Å². The molecule has 0 heterocycles. The van der Waals surface area contributed by atoms with E-state index >= 15 is 0 Å². The van der Waals surface area contributed by atoms with E-state index < -0.39 is 0 Å². The first-order valence-electron chi connectivity index (χ1n) is 4.80. The van der Waals surface area contributed by atoms with E-state index in [4.69, 9.17) is 0 Å². The second kappa shape index (κ2) is 4.70. The Kier molecular flexibility index (Phi) is 3.57. The minimum atomic E-state index is -0.0509. The molecular weight excluding hydrogens is 176 g/mol. The number of phenolic OH excluding ortho intramolecular Hbond substituents is 2. The zero-order valence-corrected chi connectivity index (χ0v) is 8.62. The van der Waals surface area contributed by atoms with Crippen LogP contribution >= 0.6 is 0 Å². The van der Waals surface area contributed by atoms with Gasteiger partial charge in [0.2, 0.25) is 0 Å². The van der Waals surface area contributed by atoms with E-state index in [0.717, 1.165) is 12.0 Å². The third-order valence-corrected chi connectivity index (χ3v) is 2.33. The Morgan fingerprint density at radius 3 is 2.71 bits per heavy atom. The van der Waals surface area contributed by atoms with Crippen molar-refractivity contribution in [2.24, 2.45) is 0 Å². The summed E-state index contributed by atoms with van der Waals surface area (Å²) in [5.74, 6) is -0.0577. The van der Waals surface area contributed by atoms with Crippen molar-refractivity contribution in [1.29, 1.82) is 0 Å². The molecule has 0 unspecified atom stereocenters. The van der Waals surface area contributed by atoms with Crippen molar-refractivity contribution in [3.05, 3.63) is 35.4 Å². The fourth-order valence-corrected chi connectivity index (χ4v) is 1.17. The minimum Gasteiger partial charge on any atom is -0.504 e. The highest BCUT2D eigenvalue weighted by atomic mass is 16.3. The minimum absolute atomic E-state index is 0.00680. The predicted molar refractivity (Wildman–Crippen MR) is 57.5 cm³/mol. The van der Waals surface area contributed by atoms with Crippen LogP contribution < -0.4 is 0 Å². The number of aromatic hydroxyl groups is 2. The second-order valence-corrected chi connectivity index (χ2v) is 3.39. The molecular formula is C12H16O2. The summed E-state index contributed by atoms with van der Waals surface area (Å²) in [5.41, 5.74) is 2.05. The number of hydrogen-bond donors (Lipinski definition) is 2. The molecule has 14 heavy (non-hydrogen) atoms. The highest BCUT2D eigenvalue weighted by Gasteiger charge is 2.03. The van der Waals surface area contributed by atoms with Gasteiger partial charge in [-0.05, 0) is 25.8 Å². The highest BCUT2D eigenvalue weighted by Crippen LogP contribution is 2.28. The normalized spacial score (nSPS) is 11.7. The molecule has 2 heteroatoms. The van der Waals surface area contributed by atoms with Crippen molar-refractivity contribution in [2.75, 3.05) is 0 Å². The molecule has 0 radical (unpaired) electrons. The van der Waals surface area contributed by atoms with Crippen molar-refractivity contribution in [2.45, 2.75) is 26.7 Å². The van der Waals surface area contributed by atoms with Crippen molar-refractivity contribution in [1.82, 2.24) is 0 Å². The van der Waals surface area contributed by atoms with Crippen LogP contribution in [0.1, 0.15) is 25.8 Å². The maximum Gasteiger partial charge on any atom is 0.160 e. The molecule has 0 amide bonds. The third-order valence-electron chi connectivity index (χ3n) is 2.33. The van der Waals surface area contributed by atoms with E-state index in [1.165, 1.54) is 11.6 Å². The second-order valence-electron chi connectivity index (χ2n) is 3.39. The predicted octanol–water partition coefficient (Wildman–Crippen LogP) is 3.00. The average Bonchev–Trinajstić information content (AvgIpc) is 2.20. The number of para-hydroxylation sites is 1. The van der Waals surface area contributed by atoms with E-state index in [0.29, 0.717) is 6.42 Å². The zero-order chi connectivity index (χ0) is 10.6. The summed E-state index contributed by atoms with van der Waals surface area (Å²) in [6, 6.07) is 5.03. The maximum absolute atomic E-state index is 9.50. The molecule has 0 spiro atoms. The zero-order valence-electron chi connectivity index (χ0n) is 8.62. The van der Waals surface area contributed by atoms with Gasteiger partial charge in [-0.3, -0.25) is 0 Å². The lowest BCUT2D eigenvalue weighted by molar-refractivity contribution is 0.400. The Bertz CT molecular complexity index is 340. The van der Waals surface area contributed by atoms with Crippen LogP contribution in [0.2, 0.25) is 0 Å². The number of allylic oxidation sites excluding steroid dienone is 2. The molecule has 0 aliphatic heterocycles. The highest BCUT2D eigenvalue weighted by molar-refractivity contribution is 5.45. The summed E-state index contributed by atoms with van der Waals surface area (Å²) in [5, 5.41) is 18.8. The summed E-state index contributed by atoms with van der Waals surface area (Å²) >= 11 is 0. The number of phenols is 2. The average molecular weight is 192 g/mol. The molecule has 0 fully saturated rings. The Morgan fingerprint density at radius 2 is 2.07 bits per heavy atom. The van der Waals surface area contributed by atoms with Crippen LogP contribution in [0.3, 0.4) is 0 Å². The molecule has 0 aliphatic carbocycles. The van der Waals surface area contributed by atoms with Crippen LogP contribution in [0.25, 0.3) is 0 Å². The van der Waals surface area contributed by atoms with Crippen molar-refractivity contribution in [3.8, 4) is 11.5 Å². The molecule has 0 bridgehead atoms. The van der Waals surface area contributed by atoms with Gasteiger partial charge >= 0.3 is 0 Å². The van der Waals surface area contributed by atoms with Crippen molar-refractivity contribution < 1.29 is 10.2 Å². The fraction of sp³-hybridized carbons (Fsp3) is 0.333. The summed E-state index contributed by atoms with van der Waals surface area (Å²) in [6.07, 6.45) is 3.74. The molecule has 0 saturated carbocycles. The molecule has 1 aromatic rings. The molecule has 2 N–H and O–H groups in total. The standard InChI is InChI=1S/C12H16O2/c1-3-9(2)7-8-10-5-4-6-11(13)12(10)14/h4-7,13-14H,3,8H2,1-2H3/b9-7-. The quantitative estimate of drug-likeness (QED) is 0.571. The van der Waals surface area contributed by atoms with Gasteiger partial charge in [0, 0.05) is 5.56 Å². The molecule has 2 nitrogen and oxygen atoms in total. The molecule has 1 rings (SSSR count). The van der Waals surface area contributed by atoms with Gasteiger partial charge < -0.3 is 10.2 Å². The van der Waals surface area contributed by atoms with Crippen LogP contribution in [0.4, 0.5) is 0 Å². The van der Waals surface area contributed by atoms with Gasteiger partial charge in [0.25, 0.3) is 0 Å². The lowest BCUT2D eigenvalue weighted by Gasteiger charge is -2.03. The van der Waals surface area contributed by atoms with Crippen LogP contribution in [0, 0.1) is 0 Å². The summed E-state index contributed by atoms with van der Waals surface area (Å²) in [4.78, 5) is 0. The van der Waals surface area contributed by atoms with Crippen LogP contribution in [-0.2, 0) is 6.42 Å². The van der Waals surface area contributed by atoms with Gasteiger partial charge in [0.15, 0.2) is 11.5 Å². The SMILES string of the molecule is CC/C(C)=C\Cc1cccc(O)c1O. The Balaban J connectivity index is 2.82. The van der Waals surface area contributed by atoms with Gasteiger partial charge in [0.05, 0.1) is 0 Å². The number of rotatable bonds is 3. The Hall–Kier alpha value is -1.44. The largest absolute Gasteiger partial charge is 0.504 e. The Labute approximate surface area is 84.5 Å². The number of hydrogen-bond acceptors (Lipinski definition) is 2. The molecule has 76 valence electrons. The van der Waals surface area contributed by atoms with E-state index in [2.05, 4.69) is 19.9 Å². The monoisotopic (exact) mass is 192 g/mol. The van der Waals surface area contributed by atoms with Gasteiger partial charge in [-0.25, -0.2) is 0 Å². The van der Waals surface area contributed by atoms with E-state index in [1.54, 1.807) is 6.07 Å². The van der Waals surface area contributed by atoms with Gasteiger partial charge in [0.1, 0.15) is 0 Å². The van der Waals surface area contributed by atoms with Gasteiger partial charge in [-0.2, -0.15) is 0 Å². The van der Waals surface area contributed by atoms with Crippen molar-refractivity contribution in [3.63, 3.8) is 0 Å². The lowest BCUT2D eigenvalue weighted by Crippen LogP contribution is -1.84. The first-order valence-corrected chi connectivity index (χ1v) is 4.80. The van der Waals surface area contributed by atoms with Gasteiger partial charge in [-0.15, -0.1) is 0 Å². The topological polar surface area (TPSA) is 40.5 Å².